The van der Waals surface area contributed by atoms with Gasteiger partial charge in [0.25, 0.3) is 5.91 Å². The molecule has 0 aliphatic carbocycles. The van der Waals surface area contributed by atoms with Crippen molar-refractivity contribution in [3.05, 3.63) is 66.8 Å². The molecule has 0 fully saturated rings. The number of aromatic amines is 1. The number of amides is 1. The van der Waals surface area contributed by atoms with Crippen LogP contribution in [-0.2, 0) is 13.1 Å². The van der Waals surface area contributed by atoms with Gasteiger partial charge < -0.3 is 14.5 Å². The van der Waals surface area contributed by atoms with Crippen molar-refractivity contribution >= 4 is 16.9 Å². The second kappa shape index (κ2) is 7.45. The largest absolute Gasteiger partial charge is 0.346 e. The lowest BCUT2D eigenvalue weighted by molar-refractivity contribution is 0.0926. The van der Waals surface area contributed by atoms with Crippen molar-refractivity contribution in [1.29, 1.82) is 0 Å². The molecule has 0 saturated heterocycles. The van der Waals surface area contributed by atoms with Crippen LogP contribution in [0.5, 0.6) is 0 Å². The lowest BCUT2D eigenvalue weighted by atomic mass is 10.2. The number of benzene rings is 1. The first-order valence-corrected chi connectivity index (χ1v) is 8.93. The zero-order chi connectivity index (χ0) is 18.6. The van der Waals surface area contributed by atoms with Crippen LogP contribution >= 0.6 is 0 Å². The Morgan fingerprint density at radius 3 is 3.00 bits per heavy atom. The molecule has 0 radical (unpaired) electrons. The molecule has 27 heavy (non-hydrogen) atoms. The Labute approximate surface area is 156 Å². The number of fused-ring (bicyclic) bond motifs is 1. The van der Waals surface area contributed by atoms with Gasteiger partial charge in [-0.2, -0.15) is 5.10 Å². The van der Waals surface area contributed by atoms with Gasteiger partial charge in [0, 0.05) is 25.0 Å². The second-order valence-corrected chi connectivity index (χ2v) is 6.48. The van der Waals surface area contributed by atoms with E-state index < -0.39 is 0 Å². The highest BCUT2D eigenvalue weighted by molar-refractivity contribution is 5.92. The average Bonchev–Trinajstić information content (AvgIpc) is 3.43. The number of H-pyrrole nitrogens is 1. The third kappa shape index (κ3) is 3.74. The van der Waals surface area contributed by atoms with E-state index in [4.69, 9.17) is 0 Å². The molecule has 8 nitrogen and oxygen atoms in total. The molecule has 3 aromatic heterocycles. The van der Waals surface area contributed by atoms with Gasteiger partial charge in [-0.15, -0.1) is 0 Å². The van der Waals surface area contributed by atoms with E-state index in [1.807, 2.05) is 46.5 Å². The number of hydrogen-bond donors (Lipinski definition) is 2. The van der Waals surface area contributed by atoms with Crippen molar-refractivity contribution in [2.45, 2.75) is 32.5 Å². The van der Waals surface area contributed by atoms with E-state index in [-0.39, 0.29) is 11.9 Å². The molecule has 3 heterocycles. The zero-order valence-electron chi connectivity index (χ0n) is 15.0. The second-order valence-electron chi connectivity index (χ2n) is 6.48. The number of imidazole rings is 2. The Bertz CT molecular complexity index is 1030. The number of para-hydroxylation sites is 2. The number of carbonyl (C=O) groups is 1. The molecule has 0 spiro atoms. The summed E-state index contributed by atoms with van der Waals surface area (Å²) in [5.41, 5.74) is 3.23. The van der Waals surface area contributed by atoms with Crippen molar-refractivity contribution in [1.82, 2.24) is 34.6 Å². The zero-order valence-corrected chi connectivity index (χ0v) is 15.0. The maximum absolute atomic E-state index is 12.5. The lowest BCUT2D eigenvalue weighted by Crippen LogP contribution is -2.37. The number of hydrogen-bond acceptors (Lipinski definition) is 4. The predicted molar refractivity (Wildman–Crippen MR) is 101 cm³/mol. The summed E-state index contributed by atoms with van der Waals surface area (Å²) in [6.45, 7) is 3.30. The van der Waals surface area contributed by atoms with Gasteiger partial charge in [0.05, 0.1) is 35.9 Å². The third-order valence-corrected chi connectivity index (χ3v) is 4.55. The summed E-state index contributed by atoms with van der Waals surface area (Å²) < 4.78 is 3.98. The topological polar surface area (TPSA) is 93.4 Å². The number of nitrogens with zero attached hydrogens (tertiary/aromatic N) is 5. The van der Waals surface area contributed by atoms with E-state index in [1.54, 1.807) is 24.9 Å². The van der Waals surface area contributed by atoms with E-state index in [9.17, 15) is 4.79 Å². The van der Waals surface area contributed by atoms with Crippen molar-refractivity contribution in [3.8, 4) is 0 Å². The Hall–Kier alpha value is -3.42. The van der Waals surface area contributed by atoms with Crippen LogP contribution in [0.2, 0.25) is 0 Å². The van der Waals surface area contributed by atoms with Gasteiger partial charge >= 0.3 is 0 Å². The lowest BCUT2D eigenvalue weighted by Gasteiger charge is -2.16. The number of carbonyl (C=O) groups excluding carboxylic acids is 1. The molecular weight excluding hydrogens is 342 g/mol. The first-order chi connectivity index (χ1) is 13.2. The van der Waals surface area contributed by atoms with Gasteiger partial charge in [0.15, 0.2) is 0 Å². The van der Waals surface area contributed by atoms with E-state index in [1.165, 1.54) is 0 Å². The molecule has 138 valence electrons. The van der Waals surface area contributed by atoms with Crippen LogP contribution in [0.25, 0.3) is 11.0 Å². The molecule has 1 amide bonds. The summed E-state index contributed by atoms with van der Waals surface area (Å²) in [7, 11) is 0. The minimum Gasteiger partial charge on any atom is -0.346 e. The molecule has 2 N–H and O–H groups in total. The van der Waals surface area contributed by atoms with E-state index in [0.29, 0.717) is 18.8 Å². The van der Waals surface area contributed by atoms with E-state index >= 15 is 0 Å². The van der Waals surface area contributed by atoms with Crippen LogP contribution in [0.4, 0.5) is 0 Å². The number of nitrogens with one attached hydrogen (secondary N) is 2. The highest BCUT2D eigenvalue weighted by Gasteiger charge is 2.16. The summed E-state index contributed by atoms with van der Waals surface area (Å²) in [5.74, 6) is -0.181. The van der Waals surface area contributed by atoms with Gasteiger partial charge in [0.1, 0.15) is 5.69 Å². The van der Waals surface area contributed by atoms with Crippen LogP contribution in [0, 0.1) is 0 Å². The van der Waals surface area contributed by atoms with Gasteiger partial charge in [-0.25, -0.2) is 9.97 Å². The van der Waals surface area contributed by atoms with Crippen molar-refractivity contribution in [2.75, 3.05) is 0 Å². The van der Waals surface area contributed by atoms with E-state index in [0.717, 1.165) is 23.1 Å². The smallest absolute Gasteiger partial charge is 0.272 e. The summed E-state index contributed by atoms with van der Waals surface area (Å²) in [6.07, 6.45) is 7.98. The molecule has 0 bridgehead atoms. The van der Waals surface area contributed by atoms with Crippen LogP contribution in [0.3, 0.4) is 0 Å². The monoisotopic (exact) mass is 363 g/mol. The standard InChI is InChI=1S/C19H21N7O/c1-2-14(10-25-8-7-20-12-25)22-19(27)17-9-15(23-24-17)11-26-13-21-16-5-3-4-6-18(16)26/h3-9,12-14H,2,10-11H2,1H3,(H,22,27)(H,23,24)/t14-/m1/s1. The summed E-state index contributed by atoms with van der Waals surface area (Å²) >= 11 is 0. The molecule has 0 aliphatic heterocycles. The fourth-order valence-corrected chi connectivity index (χ4v) is 3.06. The van der Waals surface area contributed by atoms with Crippen LogP contribution in [0.1, 0.15) is 29.5 Å². The van der Waals surface area contributed by atoms with Crippen LogP contribution in [0.15, 0.2) is 55.4 Å². The highest BCUT2D eigenvalue weighted by atomic mass is 16.2. The first-order valence-electron chi connectivity index (χ1n) is 8.93. The molecule has 0 aliphatic rings. The fraction of sp³-hybridized carbons (Fsp3) is 0.263. The first kappa shape index (κ1) is 17.0. The molecule has 1 aromatic carbocycles. The molecular formula is C19H21N7O. The average molecular weight is 363 g/mol. The Morgan fingerprint density at radius 2 is 2.19 bits per heavy atom. The van der Waals surface area contributed by atoms with Crippen LogP contribution in [-0.4, -0.2) is 41.2 Å². The molecule has 0 unspecified atom stereocenters. The van der Waals surface area contributed by atoms with Gasteiger partial charge in [-0.05, 0) is 24.6 Å². The minimum absolute atomic E-state index is 0.0180. The molecule has 8 heteroatoms. The normalized spacial score (nSPS) is 12.3. The summed E-state index contributed by atoms with van der Waals surface area (Å²) in [4.78, 5) is 21.0. The maximum atomic E-state index is 12.5. The maximum Gasteiger partial charge on any atom is 0.272 e. The van der Waals surface area contributed by atoms with Crippen molar-refractivity contribution < 1.29 is 4.79 Å². The van der Waals surface area contributed by atoms with Gasteiger partial charge in [-0.3, -0.25) is 9.89 Å². The summed E-state index contributed by atoms with van der Waals surface area (Å²) in [5, 5.41) is 10.2. The number of rotatable bonds is 7. The van der Waals surface area contributed by atoms with Crippen molar-refractivity contribution in [3.63, 3.8) is 0 Å². The molecule has 4 rings (SSSR count). The Balaban J connectivity index is 1.43. The van der Waals surface area contributed by atoms with E-state index in [2.05, 4.69) is 25.5 Å². The predicted octanol–water partition coefficient (Wildman–Crippen LogP) is 2.21. The third-order valence-electron chi connectivity index (χ3n) is 4.55. The Morgan fingerprint density at radius 1 is 1.30 bits per heavy atom. The number of aromatic nitrogens is 6. The SMILES string of the molecule is CC[C@H](Cn1ccnc1)NC(=O)c1cc(Cn2cnc3ccccc32)[nH]n1. The van der Waals surface area contributed by atoms with Gasteiger partial charge in [0.2, 0.25) is 0 Å². The van der Waals surface area contributed by atoms with Crippen LogP contribution < -0.4 is 5.32 Å². The molecule has 4 aromatic rings. The Kier molecular flexibility index (Phi) is 4.69. The molecule has 0 saturated carbocycles. The van der Waals surface area contributed by atoms with Crippen molar-refractivity contribution in [2.24, 2.45) is 0 Å². The summed E-state index contributed by atoms with van der Waals surface area (Å²) in [6, 6.07) is 9.75. The van der Waals surface area contributed by atoms with Gasteiger partial charge in [-0.1, -0.05) is 19.1 Å². The minimum atomic E-state index is -0.181. The molecule has 1 atom stereocenters. The fourth-order valence-electron chi connectivity index (χ4n) is 3.06. The quantitative estimate of drug-likeness (QED) is 0.526. The highest BCUT2D eigenvalue weighted by Crippen LogP contribution is 2.13.